The van der Waals surface area contributed by atoms with Gasteiger partial charge in [-0.1, -0.05) is 12.1 Å². The summed E-state index contributed by atoms with van der Waals surface area (Å²) >= 11 is 0. The lowest BCUT2D eigenvalue weighted by atomic mass is 10.1. The van der Waals surface area contributed by atoms with Gasteiger partial charge in [-0.05, 0) is 37.0 Å². The van der Waals surface area contributed by atoms with E-state index in [0.29, 0.717) is 6.61 Å². The summed E-state index contributed by atoms with van der Waals surface area (Å²) in [6.45, 7) is 3.92. The normalized spacial score (nSPS) is 22.2. The van der Waals surface area contributed by atoms with E-state index in [0.717, 1.165) is 62.6 Å². The maximum atomic E-state index is 12.1. The number of morpholine rings is 1. The molecule has 2 aliphatic rings. The maximum Gasteiger partial charge on any atom is 0.253 e. The van der Waals surface area contributed by atoms with Crippen LogP contribution in [-0.4, -0.2) is 87.9 Å². The van der Waals surface area contributed by atoms with Gasteiger partial charge in [-0.15, -0.1) is 24.0 Å². The van der Waals surface area contributed by atoms with Crippen molar-refractivity contribution in [1.82, 2.24) is 15.1 Å². The van der Waals surface area contributed by atoms with Crippen LogP contribution in [0.4, 0.5) is 0 Å². The van der Waals surface area contributed by atoms with Gasteiger partial charge in [0.25, 0.3) is 5.91 Å². The summed E-state index contributed by atoms with van der Waals surface area (Å²) in [4.78, 5) is 20.4. The molecule has 1 aromatic carbocycles. The molecule has 7 nitrogen and oxygen atoms in total. The van der Waals surface area contributed by atoms with Crippen LogP contribution in [0.15, 0.2) is 29.3 Å². The second-order valence-corrected chi connectivity index (χ2v) is 7.53. The molecule has 2 aliphatic heterocycles. The molecule has 0 spiro atoms. The average Bonchev–Trinajstić information content (AvgIpc) is 3.26. The molecule has 1 N–H and O–H groups in total. The molecule has 2 fully saturated rings. The number of guanidine groups is 1. The van der Waals surface area contributed by atoms with E-state index < -0.39 is 0 Å². The number of hydrogen-bond acceptors (Lipinski definition) is 4. The Balaban J connectivity index is 0.00000300. The van der Waals surface area contributed by atoms with Gasteiger partial charge in [0.05, 0.1) is 12.7 Å². The third-order valence-corrected chi connectivity index (χ3v) is 5.26. The fourth-order valence-corrected chi connectivity index (χ4v) is 3.76. The molecule has 1 aromatic rings. The maximum absolute atomic E-state index is 12.1. The van der Waals surface area contributed by atoms with E-state index in [1.807, 2.05) is 25.2 Å². The quantitative estimate of drug-likeness (QED) is 0.369. The number of rotatable bonds is 5. The Morgan fingerprint density at radius 1 is 1.28 bits per heavy atom. The van der Waals surface area contributed by atoms with Crippen LogP contribution in [0.25, 0.3) is 0 Å². The van der Waals surface area contributed by atoms with Crippen LogP contribution in [-0.2, 0) is 15.9 Å². The molecule has 2 atom stereocenters. The number of nitrogens with one attached hydrogen (secondary N) is 1. The molecule has 0 aliphatic carbocycles. The predicted molar refractivity (Wildman–Crippen MR) is 125 cm³/mol. The van der Waals surface area contributed by atoms with Crippen molar-refractivity contribution in [3.8, 4) is 0 Å². The van der Waals surface area contributed by atoms with Gasteiger partial charge in [-0.2, -0.15) is 0 Å². The van der Waals surface area contributed by atoms with Crippen molar-refractivity contribution in [3.05, 3.63) is 35.4 Å². The van der Waals surface area contributed by atoms with Crippen LogP contribution in [0.5, 0.6) is 0 Å². The number of benzene rings is 1. The second kappa shape index (κ2) is 11.7. The third kappa shape index (κ3) is 6.55. The van der Waals surface area contributed by atoms with Crippen LogP contribution >= 0.6 is 24.0 Å². The van der Waals surface area contributed by atoms with Gasteiger partial charge in [0.15, 0.2) is 5.96 Å². The Morgan fingerprint density at radius 3 is 2.76 bits per heavy atom. The first kappa shape index (κ1) is 23.9. The first-order chi connectivity index (χ1) is 13.6. The molecule has 162 valence electrons. The van der Waals surface area contributed by atoms with Gasteiger partial charge < -0.3 is 24.6 Å². The highest BCUT2D eigenvalue weighted by Gasteiger charge is 2.32. The molecule has 0 radical (unpaired) electrons. The van der Waals surface area contributed by atoms with E-state index >= 15 is 0 Å². The standard InChI is InChI=1S/C21H32N4O3.HI/c1-22-21(25-11-13-28-19(15-25)18-8-5-12-27-18)23-10-9-16-6-4-7-17(14-16)20(26)24(2)3;/h4,6-7,14,18-19H,5,8-13,15H2,1-3H3,(H,22,23);1H. The van der Waals surface area contributed by atoms with E-state index in [9.17, 15) is 4.79 Å². The van der Waals surface area contributed by atoms with E-state index in [1.54, 1.807) is 19.0 Å². The van der Waals surface area contributed by atoms with E-state index in [2.05, 4.69) is 21.3 Å². The van der Waals surface area contributed by atoms with Crippen molar-refractivity contribution in [1.29, 1.82) is 0 Å². The van der Waals surface area contributed by atoms with Crippen molar-refractivity contribution in [2.75, 3.05) is 54.0 Å². The van der Waals surface area contributed by atoms with Gasteiger partial charge in [0.1, 0.15) is 6.10 Å². The van der Waals surface area contributed by atoms with Crippen LogP contribution in [0.3, 0.4) is 0 Å². The zero-order valence-electron chi connectivity index (χ0n) is 17.6. The summed E-state index contributed by atoms with van der Waals surface area (Å²) in [5, 5.41) is 3.45. The van der Waals surface area contributed by atoms with Crippen LogP contribution in [0.2, 0.25) is 0 Å². The molecule has 2 unspecified atom stereocenters. The average molecular weight is 516 g/mol. The molecule has 2 saturated heterocycles. The number of amides is 1. The molecule has 8 heteroatoms. The second-order valence-electron chi connectivity index (χ2n) is 7.53. The van der Waals surface area contributed by atoms with Gasteiger partial charge in [0, 0.05) is 52.9 Å². The minimum Gasteiger partial charge on any atom is -0.375 e. The van der Waals surface area contributed by atoms with Crippen molar-refractivity contribution in [2.45, 2.75) is 31.5 Å². The van der Waals surface area contributed by atoms with Crippen LogP contribution < -0.4 is 5.32 Å². The summed E-state index contributed by atoms with van der Waals surface area (Å²) < 4.78 is 11.7. The van der Waals surface area contributed by atoms with E-state index in [4.69, 9.17) is 9.47 Å². The molecule has 2 heterocycles. The van der Waals surface area contributed by atoms with Crippen LogP contribution in [0, 0.1) is 0 Å². The minimum atomic E-state index is 0. The molecule has 1 amide bonds. The Labute approximate surface area is 190 Å². The highest BCUT2D eigenvalue weighted by Crippen LogP contribution is 2.21. The highest BCUT2D eigenvalue weighted by molar-refractivity contribution is 14.0. The monoisotopic (exact) mass is 516 g/mol. The number of carbonyl (C=O) groups is 1. The number of halogens is 1. The zero-order chi connectivity index (χ0) is 19.9. The predicted octanol–water partition coefficient (Wildman–Crippen LogP) is 2.00. The Morgan fingerprint density at radius 2 is 2.07 bits per heavy atom. The number of hydrogen-bond donors (Lipinski definition) is 1. The smallest absolute Gasteiger partial charge is 0.253 e. The topological polar surface area (TPSA) is 66.4 Å². The van der Waals surface area contributed by atoms with Crippen LogP contribution in [0.1, 0.15) is 28.8 Å². The molecule has 0 aromatic heterocycles. The summed E-state index contributed by atoms with van der Waals surface area (Å²) in [5.74, 6) is 0.922. The molecule has 29 heavy (non-hydrogen) atoms. The molecule has 3 rings (SSSR count). The number of ether oxygens (including phenoxy) is 2. The Bertz CT molecular complexity index is 692. The fraction of sp³-hybridized carbons (Fsp3) is 0.619. The Kier molecular flexibility index (Phi) is 9.64. The van der Waals surface area contributed by atoms with Gasteiger partial charge >= 0.3 is 0 Å². The van der Waals surface area contributed by atoms with E-state index in [-0.39, 0.29) is 42.1 Å². The minimum absolute atomic E-state index is 0. The first-order valence-electron chi connectivity index (χ1n) is 10.1. The van der Waals surface area contributed by atoms with Crippen molar-refractivity contribution in [2.24, 2.45) is 4.99 Å². The first-order valence-corrected chi connectivity index (χ1v) is 10.1. The largest absolute Gasteiger partial charge is 0.375 e. The molecular formula is C21H33IN4O3. The summed E-state index contributed by atoms with van der Waals surface area (Å²) in [5.41, 5.74) is 1.86. The number of carbonyl (C=O) groups excluding carboxylic acids is 1. The summed E-state index contributed by atoms with van der Waals surface area (Å²) in [6, 6.07) is 7.82. The lowest BCUT2D eigenvalue weighted by Gasteiger charge is -2.37. The van der Waals surface area contributed by atoms with Crippen molar-refractivity contribution >= 4 is 35.8 Å². The molecular weight excluding hydrogens is 483 g/mol. The number of nitrogens with zero attached hydrogens (tertiary/aromatic N) is 3. The fourth-order valence-electron chi connectivity index (χ4n) is 3.76. The van der Waals surface area contributed by atoms with Gasteiger partial charge in [-0.25, -0.2) is 0 Å². The lowest BCUT2D eigenvalue weighted by molar-refractivity contribution is -0.0816. The Hall–Kier alpha value is -1.39. The van der Waals surface area contributed by atoms with Gasteiger partial charge in [0.2, 0.25) is 0 Å². The SMILES string of the molecule is CN=C(NCCc1cccc(C(=O)N(C)C)c1)N1CCOC(C2CCCO2)C1.I. The van der Waals surface area contributed by atoms with E-state index in [1.165, 1.54) is 0 Å². The van der Waals surface area contributed by atoms with Crippen molar-refractivity contribution in [3.63, 3.8) is 0 Å². The highest BCUT2D eigenvalue weighted by atomic mass is 127. The number of aliphatic imine (C=N–C) groups is 1. The zero-order valence-corrected chi connectivity index (χ0v) is 19.9. The van der Waals surface area contributed by atoms with Crippen molar-refractivity contribution < 1.29 is 14.3 Å². The molecule has 0 saturated carbocycles. The summed E-state index contributed by atoms with van der Waals surface area (Å²) in [7, 11) is 5.36. The third-order valence-electron chi connectivity index (χ3n) is 5.26. The van der Waals surface area contributed by atoms with Gasteiger partial charge in [-0.3, -0.25) is 9.79 Å². The summed E-state index contributed by atoms with van der Waals surface area (Å²) in [6.07, 6.45) is 3.34. The lowest BCUT2D eigenvalue weighted by Crippen LogP contribution is -2.53. The molecule has 0 bridgehead atoms.